The minimum atomic E-state index is -0.291. The Balaban J connectivity index is 1.41. The second-order valence-electron chi connectivity index (χ2n) is 5.82. The van der Waals surface area contributed by atoms with E-state index in [-0.39, 0.29) is 17.9 Å². The van der Waals surface area contributed by atoms with Crippen LogP contribution in [0.15, 0.2) is 24.3 Å². The van der Waals surface area contributed by atoms with Gasteiger partial charge in [-0.2, -0.15) is 0 Å². The van der Waals surface area contributed by atoms with E-state index in [2.05, 4.69) is 11.4 Å². The normalized spacial score (nSPS) is 20.0. The fourth-order valence-electron chi connectivity index (χ4n) is 3.08. The third-order valence-electron chi connectivity index (χ3n) is 4.28. The first-order valence-corrected chi connectivity index (χ1v) is 8.03. The van der Waals surface area contributed by atoms with E-state index in [1.165, 1.54) is 5.56 Å². The van der Waals surface area contributed by atoms with Gasteiger partial charge in [-0.05, 0) is 37.3 Å². The summed E-state index contributed by atoms with van der Waals surface area (Å²) < 4.78 is 5.33. The van der Waals surface area contributed by atoms with Gasteiger partial charge in [-0.25, -0.2) is 0 Å². The van der Waals surface area contributed by atoms with Crippen molar-refractivity contribution >= 4 is 17.5 Å². The van der Waals surface area contributed by atoms with Crippen molar-refractivity contribution in [3.63, 3.8) is 0 Å². The molecule has 0 radical (unpaired) electrons. The Hall–Kier alpha value is -1.88. The molecule has 1 aromatic rings. The number of nitrogens with one attached hydrogen (secondary N) is 1. The van der Waals surface area contributed by atoms with Gasteiger partial charge in [0.1, 0.15) is 6.10 Å². The molecule has 118 valence electrons. The van der Waals surface area contributed by atoms with Crippen LogP contribution in [0.2, 0.25) is 0 Å². The molecular formula is C17H22N2O3. The second kappa shape index (κ2) is 6.92. The SMILES string of the molecule is O=C(NCCCC(=O)N1CCc2ccccc21)[C@H]1CCCO1. The average Bonchev–Trinajstić information content (AvgIpc) is 3.20. The average molecular weight is 302 g/mol. The predicted molar refractivity (Wildman–Crippen MR) is 83.7 cm³/mol. The van der Waals surface area contributed by atoms with Gasteiger partial charge in [-0.15, -0.1) is 0 Å². The molecule has 0 unspecified atom stereocenters. The van der Waals surface area contributed by atoms with Crippen molar-refractivity contribution in [2.45, 2.75) is 38.2 Å². The number of benzene rings is 1. The third kappa shape index (κ3) is 3.30. The lowest BCUT2D eigenvalue weighted by Gasteiger charge is -2.17. The fourth-order valence-corrected chi connectivity index (χ4v) is 3.08. The number of ether oxygens (including phenoxy) is 1. The number of para-hydroxylation sites is 1. The zero-order valence-corrected chi connectivity index (χ0v) is 12.7. The molecule has 0 spiro atoms. The number of fused-ring (bicyclic) bond motifs is 1. The molecule has 22 heavy (non-hydrogen) atoms. The van der Waals surface area contributed by atoms with Crippen molar-refractivity contribution in [3.8, 4) is 0 Å². The molecular weight excluding hydrogens is 280 g/mol. The number of hydrogen-bond donors (Lipinski definition) is 1. The molecule has 2 amide bonds. The molecule has 2 heterocycles. The maximum atomic E-state index is 12.3. The van der Waals surface area contributed by atoms with Gasteiger partial charge < -0.3 is 15.0 Å². The summed E-state index contributed by atoms with van der Waals surface area (Å²) in [6.45, 7) is 1.96. The summed E-state index contributed by atoms with van der Waals surface area (Å²) in [4.78, 5) is 25.9. The van der Waals surface area contributed by atoms with Crippen molar-refractivity contribution in [1.82, 2.24) is 5.32 Å². The number of amides is 2. The van der Waals surface area contributed by atoms with Crippen LogP contribution in [-0.4, -0.2) is 37.6 Å². The molecule has 1 fully saturated rings. The summed E-state index contributed by atoms with van der Waals surface area (Å²) in [6, 6.07) is 8.05. The summed E-state index contributed by atoms with van der Waals surface area (Å²) in [6.07, 6.45) is 3.51. The highest BCUT2D eigenvalue weighted by molar-refractivity contribution is 5.95. The lowest BCUT2D eigenvalue weighted by molar-refractivity contribution is -0.130. The molecule has 0 aromatic heterocycles. The van der Waals surface area contributed by atoms with Gasteiger partial charge in [0.05, 0.1) is 0 Å². The first kappa shape index (κ1) is 15.0. The Morgan fingerprint density at radius 1 is 1.32 bits per heavy atom. The van der Waals surface area contributed by atoms with Crippen LogP contribution in [0.1, 0.15) is 31.2 Å². The van der Waals surface area contributed by atoms with E-state index in [4.69, 9.17) is 4.74 Å². The second-order valence-corrected chi connectivity index (χ2v) is 5.82. The van der Waals surface area contributed by atoms with Crippen LogP contribution in [-0.2, 0) is 20.7 Å². The topological polar surface area (TPSA) is 58.6 Å². The minimum Gasteiger partial charge on any atom is -0.368 e. The molecule has 3 rings (SSSR count). The Bertz CT molecular complexity index is 553. The molecule has 1 atom stereocenters. The van der Waals surface area contributed by atoms with Gasteiger partial charge in [0.25, 0.3) is 0 Å². The van der Waals surface area contributed by atoms with Crippen LogP contribution in [0.25, 0.3) is 0 Å². The first-order chi connectivity index (χ1) is 10.8. The van der Waals surface area contributed by atoms with Crippen LogP contribution in [0.3, 0.4) is 0 Å². The standard InChI is InChI=1S/C17H22N2O3/c20-16(19-11-9-13-5-1-2-6-14(13)19)8-3-10-18-17(21)15-7-4-12-22-15/h1-2,5-6,15H,3-4,7-12H2,(H,18,21)/t15-/m1/s1. The number of nitrogens with zero attached hydrogens (tertiary/aromatic N) is 1. The Morgan fingerprint density at radius 3 is 3.00 bits per heavy atom. The maximum absolute atomic E-state index is 12.3. The number of rotatable bonds is 5. The molecule has 5 nitrogen and oxygen atoms in total. The summed E-state index contributed by atoms with van der Waals surface area (Å²) in [5, 5.41) is 2.86. The minimum absolute atomic E-state index is 0.0449. The molecule has 2 aliphatic rings. The van der Waals surface area contributed by atoms with Crippen LogP contribution < -0.4 is 10.2 Å². The summed E-state index contributed by atoms with van der Waals surface area (Å²) in [7, 11) is 0. The number of carbonyl (C=O) groups is 2. The predicted octanol–water partition coefficient (Wildman–Crippen LogP) is 1.65. The summed E-state index contributed by atoms with van der Waals surface area (Å²) in [5.41, 5.74) is 2.28. The number of anilines is 1. The van der Waals surface area contributed by atoms with Gasteiger partial charge in [0, 0.05) is 31.8 Å². The molecule has 0 aliphatic carbocycles. The monoisotopic (exact) mass is 302 g/mol. The van der Waals surface area contributed by atoms with Crippen molar-refractivity contribution < 1.29 is 14.3 Å². The van der Waals surface area contributed by atoms with Crippen molar-refractivity contribution in [2.24, 2.45) is 0 Å². The van der Waals surface area contributed by atoms with E-state index in [1.807, 2.05) is 23.1 Å². The molecule has 0 saturated carbocycles. The molecule has 2 aliphatic heterocycles. The van der Waals surface area contributed by atoms with Gasteiger partial charge in [0.15, 0.2) is 0 Å². The number of hydrogen-bond acceptors (Lipinski definition) is 3. The van der Waals surface area contributed by atoms with Gasteiger partial charge in [-0.3, -0.25) is 9.59 Å². The van der Waals surface area contributed by atoms with E-state index in [9.17, 15) is 9.59 Å². The molecule has 1 aromatic carbocycles. The van der Waals surface area contributed by atoms with Crippen LogP contribution >= 0.6 is 0 Å². The van der Waals surface area contributed by atoms with Gasteiger partial charge in [-0.1, -0.05) is 18.2 Å². The van der Waals surface area contributed by atoms with E-state index in [0.717, 1.165) is 31.5 Å². The lowest BCUT2D eigenvalue weighted by Crippen LogP contribution is -2.35. The fraction of sp³-hybridized carbons (Fsp3) is 0.529. The van der Waals surface area contributed by atoms with Gasteiger partial charge in [0.2, 0.25) is 11.8 Å². The van der Waals surface area contributed by atoms with Crippen molar-refractivity contribution in [2.75, 3.05) is 24.6 Å². The van der Waals surface area contributed by atoms with Crippen LogP contribution in [0.5, 0.6) is 0 Å². The quantitative estimate of drug-likeness (QED) is 0.841. The van der Waals surface area contributed by atoms with Crippen molar-refractivity contribution in [1.29, 1.82) is 0 Å². The highest BCUT2D eigenvalue weighted by Crippen LogP contribution is 2.27. The zero-order valence-electron chi connectivity index (χ0n) is 12.7. The van der Waals surface area contributed by atoms with E-state index < -0.39 is 0 Å². The van der Waals surface area contributed by atoms with E-state index >= 15 is 0 Å². The number of carbonyl (C=O) groups excluding carboxylic acids is 2. The maximum Gasteiger partial charge on any atom is 0.249 e. The Morgan fingerprint density at radius 2 is 2.18 bits per heavy atom. The molecule has 0 bridgehead atoms. The summed E-state index contributed by atoms with van der Waals surface area (Å²) >= 11 is 0. The molecule has 1 N–H and O–H groups in total. The lowest BCUT2D eigenvalue weighted by atomic mass is 10.2. The van der Waals surface area contributed by atoms with Gasteiger partial charge >= 0.3 is 0 Å². The molecule has 1 saturated heterocycles. The Kier molecular flexibility index (Phi) is 4.73. The highest BCUT2D eigenvalue weighted by Gasteiger charge is 2.24. The van der Waals surface area contributed by atoms with Crippen LogP contribution in [0, 0.1) is 0 Å². The third-order valence-corrected chi connectivity index (χ3v) is 4.28. The van der Waals surface area contributed by atoms with E-state index in [1.54, 1.807) is 0 Å². The van der Waals surface area contributed by atoms with E-state index in [0.29, 0.717) is 26.0 Å². The molecule has 5 heteroatoms. The summed E-state index contributed by atoms with van der Waals surface area (Å²) in [5.74, 6) is 0.0905. The highest BCUT2D eigenvalue weighted by atomic mass is 16.5. The Labute approximate surface area is 130 Å². The van der Waals surface area contributed by atoms with Crippen molar-refractivity contribution in [3.05, 3.63) is 29.8 Å². The first-order valence-electron chi connectivity index (χ1n) is 8.03. The van der Waals surface area contributed by atoms with Crippen LogP contribution in [0.4, 0.5) is 5.69 Å². The smallest absolute Gasteiger partial charge is 0.249 e. The zero-order chi connectivity index (χ0) is 15.4. The largest absolute Gasteiger partial charge is 0.368 e.